The van der Waals surface area contributed by atoms with Crippen molar-refractivity contribution in [3.63, 3.8) is 0 Å². The van der Waals surface area contributed by atoms with E-state index in [1.165, 1.54) is 6.42 Å². The molecule has 0 amide bonds. The summed E-state index contributed by atoms with van der Waals surface area (Å²) in [4.78, 5) is 0. The summed E-state index contributed by atoms with van der Waals surface area (Å²) in [5.41, 5.74) is -0.562. The van der Waals surface area contributed by atoms with Gasteiger partial charge in [0.25, 0.3) is 0 Å². The van der Waals surface area contributed by atoms with Gasteiger partial charge in [-0.15, -0.1) is 5.60 Å². The van der Waals surface area contributed by atoms with Crippen molar-refractivity contribution in [2.75, 3.05) is 0 Å². The molecule has 0 N–H and O–H groups in total. The van der Waals surface area contributed by atoms with Crippen molar-refractivity contribution in [2.24, 2.45) is 5.92 Å². The maximum atomic E-state index is 12.1. The summed E-state index contributed by atoms with van der Waals surface area (Å²) in [5, 5.41) is 12.1. The molecule has 0 spiro atoms. The molecule has 0 aromatic carbocycles. The third kappa shape index (κ3) is 4.67. The van der Waals surface area contributed by atoms with Crippen molar-refractivity contribution in [3.05, 3.63) is 0 Å². The van der Waals surface area contributed by atoms with Crippen molar-refractivity contribution in [2.45, 2.75) is 58.0 Å². The summed E-state index contributed by atoms with van der Waals surface area (Å²) in [7, 11) is 0. The van der Waals surface area contributed by atoms with E-state index in [0.717, 1.165) is 32.1 Å². The predicted octanol–water partition coefficient (Wildman–Crippen LogP) is -1.28. The van der Waals surface area contributed by atoms with Gasteiger partial charge in [-0.1, -0.05) is 58.3 Å². The minimum atomic E-state index is -0.562. The maximum Gasteiger partial charge on any atom is 2.00 e. The summed E-state index contributed by atoms with van der Waals surface area (Å²) < 4.78 is 0. The molecule has 0 saturated heterocycles. The third-order valence-electron chi connectivity index (χ3n) is 3.21. The van der Waals surface area contributed by atoms with E-state index in [1.54, 1.807) is 0 Å². The van der Waals surface area contributed by atoms with Crippen molar-refractivity contribution >= 4 is 23.1 Å². The third-order valence-corrected chi connectivity index (χ3v) is 3.21. The second-order valence-electron chi connectivity index (χ2n) is 3.93. The zero-order valence-electron chi connectivity index (χ0n) is 8.81. The Morgan fingerprint density at radius 3 is 2.08 bits per heavy atom. The minimum absolute atomic E-state index is 0. The van der Waals surface area contributed by atoms with Crippen molar-refractivity contribution in [1.82, 2.24) is 0 Å². The zero-order valence-corrected chi connectivity index (χ0v) is 12.4. The predicted molar refractivity (Wildman–Crippen MR) is 51.0 cm³/mol. The van der Waals surface area contributed by atoms with Crippen LogP contribution in [0.25, 0.3) is 0 Å². The summed E-state index contributed by atoms with van der Waals surface area (Å²) >= 11 is 0. The second kappa shape index (κ2) is 7.71. The zero-order chi connectivity index (χ0) is 8.32. The molecule has 1 saturated carbocycles. The quantitative estimate of drug-likeness (QED) is 0.460. The molecule has 1 rings (SSSR count). The molecule has 0 aromatic heterocycles. The van der Waals surface area contributed by atoms with Gasteiger partial charge >= 0.3 is 23.1 Å². The molecule has 0 aromatic rings. The molecule has 0 aliphatic heterocycles. The van der Waals surface area contributed by atoms with E-state index in [2.05, 4.69) is 13.8 Å². The molecule has 1 aliphatic rings. The van der Waals surface area contributed by atoms with E-state index in [4.69, 9.17) is 0 Å². The van der Waals surface area contributed by atoms with E-state index in [0.29, 0.717) is 5.92 Å². The largest absolute Gasteiger partial charge is 2.00 e. The molecule has 74 valence electrons. The Hall–Kier alpha value is 1.46. The summed E-state index contributed by atoms with van der Waals surface area (Å²) in [6.07, 6.45) is 6.48. The van der Waals surface area contributed by atoms with E-state index in [9.17, 15) is 5.11 Å². The van der Waals surface area contributed by atoms with Gasteiger partial charge in [-0.25, -0.2) is 0 Å². The first-order valence-corrected chi connectivity index (χ1v) is 4.89. The normalized spacial score (nSPS) is 22.4. The van der Waals surface area contributed by atoms with Crippen LogP contribution in [-0.2, 0) is 0 Å². The second-order valence-corrected chi connectivity index (χ2v) is 3.93. The van der Waals surface area contributed by atoms with Crippen LogP contribution in [0.2, 0.25) is 0 Å². The summed E-state index contributed by atoms with van der Waals surface area (Å²) in [6.45, 7) is 4.23. The average molecular weight is 306 g/mol. The molecular weight excluding hydrogens is 287 g/mol. The molecule has 1 fully saturated rings. The maximum absolute atomic E-state index is 12.1. The average Bonchev–Trinajstić information content (AvgIpc) is 2.04. The summed E-state index contributed by atoms with van der Waals surface area (Å²) in [5.74, 6) is 0.378. The SMILES string of the molecule is CCC(C)C1([O-])CCCCC1.[I-].[Mg+2]. The molecule has 0 bridgehead atoms. The van der Waals surface area contributed by atoms with Crippen LogP contribution in [0.4, 0.5) is 0 Å². The molecule has 0 heterocycles. The topological polar surface area (TPSA) is 23.1 Å². The number of halogens is 1. The smallest absolute Gasteiger partial charge is 1.00 e. The first-order valence-electron chi connectivity index (χ1n) is 4.89. The Labute approximate surface area is 115 Å². The van der Waals surface area contributed by atoms with Gasteiger partial charge in [0, 0.05) is 0 Å². The Morgan fingerprint density at radius 2 is 1.69 bits per heavy atom. The molecule has 0 radical (unpaired) electrons. The molecule has 1 aliphatic carbocycles. The number of hydrogen-bond donors (Lipinski definition) is 0. The van der Waals surface area contributed by atoms with Crippen LogP contribution in [0.1, 0.15) is 52.4 Å². The molecule has 1 unspecified atom stereocenters. The molecule has 13 heavy (non-hydrogen) atoms. The van der Waals surface area contributed by atoms with Gasteiger partial charge in [0.05, 0.1) is 0 Å². The van der Waals surface area contributed by atoms with Gasteiger partial charge in [-0.05, 0) is 0 Å². The molecular formula is C10H19IMgO. The van der Waals surface area contributed by atoms with Crippen LogP contribution in [0, 0.1) is 5.92 Å². The van der Waals surface area contributed by atoms with Crippen LogP contribution < -0.4 is 29.1 Å². The fourth-order valence-electron chi connectivity index (χ4n) is 2.02. The van der Waals surface area contributed by atoms with Crippen LogP contribution in [0.3, 0.4) is 0 Å². The van der Waals surface area contributed by atoms with Crippen LogP contribution in [0.15, 0.2) is 0 Å². The first-order chi connectivity index (χ1) is 5.19. The van der Waals surface area contributed by atoms with E-state index in [-0.39, 0.29) is 47.0 Å². The molecule has 3 heteroatoms. The fourth-order valence-corrected chi connectivity index (χ4v) is 2.02. The van der Waals surface area contributed by atoms with Crippen LogP contribution in [0.5, 0.6) is 0 Å². The van der Waals surface area contributed by atoms with E-state index in [1.807, 2.05) is 0 Å². The van der Waals surface area contributed by atoms with Gasteiger partial charge in [-0.2, -0.15) is 0 Å². The Kier molecular flexibility index (Phi) is 10.0. The monoisotopic (exact) mass is 306 g/mol. The first kappa shape index (κ1) is 16.9. The van der Waals surface area contributed by atoms with Gasteiger partial charge in [0.15, 0.2) is 0 Å². The fraction of sp³-hybridized carbons (Fsp3) is 1.00. The van der Waals surface area contributed by atoms with Gasteiger partial charge in [0.2, 0.25) is 0 Å². The van der Waals surface area contributed by atoms with Crippen LogP contribution in [-0.4, -0.2) is 28.7 Å². The van der Waals surface area contributed by atoms with Crippen molar-refractivity contribution in [3.8, 4) is 0 Å². The van der Waals surface area contributed by atoms with Crippen LogP contribution >= 0.6 is 0 Å². The molecule has 1 nitrogen and oxygen atoms in total. The summed E-state index contributed by atoms with van der Waals surface area (Å²) in [6, 6.07) is 0. The van der Waals surface area contributed by atoms with Gasteiger partial charge < -0.3 is 29.1 Å². The minimum Gasteiger partial charge on any atom is -1.00 e. The van der Waals surface area contributed by atoms with Gasteiger partial charge in [-0.3, -0.25) is 0 Å². The Morgan fingerprint density at radius 1 is 1.23 bits per heavy atom. The van der Waals surface area contributed by atoms with Gasteiger partial charge in [0.1, 0.15) is 0 Å². The van der Waals surface area contributed by atoms with E-state index < -0.39 is 5.60 Å². The Balaban J connectivity index is 0. The van der Waals surface area contributed by atoms with E-state index >= 15 is 0 Å². The van der Waals surface area contributed by atoms with Crippen molar-refractivity contribution in [1.29, 1.82) is 0 Å². The number of rotatable bonds is 2. The standard InChI is InChI=1S/C10H19O.HI.Mg/c1-3-9(2)10(11)7-5-4-6-8-10;;/h9H,3-8H2,1-2H3;1H;/q-1;;+2/p-1. The van der Waals surface area contributed by atoms with Crippen molar-refractivity contribution < 1.29 is 29.1 Å². The number of hydrogen-bond acceptors (Lipinski definition) is 1. The molecule has 1 atom stereocenters. The Bertz CT molecular complexity index is 124.